The zero-order valence-electron chi connectivity index (χ0n) is 10.6. The van der Waals surface area contributed by atoms with Gasteiger partial charge in [-0.15, -0.1) is 0 Å². The molecule has 102 valence electrons. The average Bonchev–Trinajstić information content (AvgIpc) is 2.87. The topological polar surface area (TPSA) is 15.3 Å². The number of hydrogen-bond acceptors (Lipinski definition) is 1. The van der Waals surface area contributed by atoms with E-state index < -0.39 is 5.82 Å². The van der Waals surface area contributed by atoms with Crippen LogP contribution in [0.4, 0.5) is 15.8 Å². The molecule has 1 aliphatic rings. The number of para-hydroxylation sites is 1. The summed E-state index contributed by atoms with van der Waals surface area (Å²) >= 11 is 11.1. The van der Waals surface area contributed by atoms with Gasteiger partial charge in [0, 0.05) is 17.9 Å². The molecule has 0 aromatic heterocycles. The molecule has 0 unspecified atom stereocenters. The zero-order chi connectivity index (χ0) is 14.1. The van der Waals surface area contributed by atoms with Gasteiger partial charge in [0.25, 0.3) is 0 Å². The molecule has 1 N–H and O–H groups in total. The molecule has 0 radical (unpaired) electrons. The molecule has 1 aliphatic heterocycles. The summed E-state index contributed by atoms with van der Waals surface area (Å²) in [6.07, 6.45) is 0.965. The van der Waals surface area contributed by atoms with Gasteiger partial charge in [0.1, 0.15) is 5.82 Å². The molecule has 0 saturated heterocycles. The Kier molecular flexibility index (Phi) is 3.59. The molecular formula is C15H12ClFN2S. The summed E-state index contributed by atoms with van der Waals surface area (Å²) in [5.41, 5.74) is 2.99. The van der Waals surface area contributed by atoms with Gasteiger partial charge in [0.05, 0.1) is 5.02 Å². The van der Waals surface area contributed by atoms with Crippen molar-refractivity contribution < 1.29 is 4.39 Å². The van der Waals surface area contributed by atoms with E-state index >= 15 is 0 Å². The van der Waals surface area contributed by atoms with Crippen LogP contribution in [0.5, 0.6) is 0 Å². The molecule has 5 heteroatoms. The van der Waals surface area contributed by atoms with E-state index in [0.717, 1.165) is 18.7 Å². The SMILES string of the molecule is Fc1cc(NC(=S)N2CCc3ccccc32)ccc1Cl. The first-order valence-corrected chi connectivity index (χ1v) is 7.05. The molecule has 2 nitrogen and oxygen atoms in total. The lowest BCUT2D eigenvalue weighted by Gasteiger charge is -2.21. The monoisotopic (exact) mass is 306 g/mol. The fourth-order valence-corrected chi connectivity index (χ4v) is 2.74. The largest absolute Gasteiger partial charge is 0.332 e. The van der Waals surface area contributed by atoms with Gasteiger partial charge in [0.2, 0.25) is 0 Å². The van der Waals surface area contributed by atoms with Crippen molar-refractivity contribution >= 4 is 40.3 Å². The number of rotatable bonds is 1. The van der Waals surface area contributed by atoms with E-state index in [1.54, 1.807) is 6.07 Å². The lowest BCUT2D eigenvalue weighted by Crippen LogP contribution is -2.33. The van der Waals surface area contributed by atoms with E-state index in [0.29, 0.717) is 10.8 Å². The first-order chi connectivity index (χ1) is 9.65. The van der Waals surface area contributed by atoms with Crippen LogP contribution in [0.1, 0.15) is 5.56 Å². The Morgan fingerprint density at radius 3 is 2.85 bits per heavy atom. The van der Waals surface area contributed by atoms with Crippen molar-refractivity contribution in [2.75, 3.05) is 16.8 Å². The van der Waals surface area contributed by atoms with Crippen molar-refractivity contribution in [1.29, 1.82) is 0 Å². The fraction of sp³-hybridized carbons (Fsp3) is 0.133. The van der Waals surface area contributed by atoms with Gasteiger partial charge in [-0.3, -0.25) is 0 Å². The Morgan fingerprint density at radius 1 is 1.25 bits per heavy atom. The maximum Gasteiger partial charge on any atom is 0.177 e. The highest BCUT2D eigenvalue weighted by Crippen LogP contribution is 2.28. The second kappa shape index (κ2) is 5.38. The molecule has 20 heavy (non-hydrogen) atoms. The summed E-state index contributed by atoms with van der Waals surface area (Å²) in [6, 6.07) is 12.7. The first kappa shape index (κ1) is 13.3. The smallest absolute Gasteiger partial charge is 0.177 e. The van der Waals surface area contributed by atoms with Crippen LogP contribution >= 0.6 is 23.8 Å². The number of fused-ring (bicyclic) bond motifs is 1. The third-order valence-electron chi connectivity index (χ3n) is 3.30. The minimum atomic E-state index is -0.457. The summed E-state index contributed by atoms with van der Waals surface area (Å²) in [5.74, 6) is -0.457. The average molecular weight is 307 g/mol. The Labute approximate surface area is 127 Å². The Balaban J connectivity index is 1.79. The fourth-order valence-electron chi connectivity index (χ4n) is 2.31. The highest BCUT2D eigenvalue weighted by Gasteiger charge is 2.21. The minimum absolute atomic E-state index is 0.105. The van der Waals surface area contributed by atoms with Gasteiger partial charge >= 0.3 is 0 Å². The third kappa shape index (κ3) is 2.49. The van der Waals surface area contributed by atoms with Gasteiger partial charge < -0.3 is 10.2 Å². The standard InChI is InChI=1S/C15H12ClFN2S/c16-12-6-5-11(9-13(12)17)18-15(20)19-8-7-10-3-1-2-4-14(10)19/h1-6,9H,7-8H2,(H,18,20). The lowest BCUT2D eigenvalue weighted by molar-refractivity contribution is 0.629. The molecular weight excluding hydrogens is 295 g/mol. The molecule has 2 aromatic rings. The summed E-state index contributed by atoms with van der Waals surface area (Å²) in [7, 11) is 0. The molecule has 1 heterocycles. The number of hydrogen-bond donors (Lipinski definition) is 1. The predicted octanol–water partition coefficient (Wildman–Crippen LogP) is 4.24. The summed E-state index contributed by atoms with van der Waals surface area (Å²) in [5, 5.41) is 3.72. The van der Waals surface area contributed by atoms with Crippen LogP contribution in [-0.4, -0.2) is 11.7 Å². The second-order valence-electron chi connectivity index (χ2n) is 4.59. The van der Waals surface area contributed by atoms with Gasteiger partial charge in [0.15, 0.2) is 5.11 Å². The lowest BCUT2D eigenvalue weighted by atomic mass is 10.2. The van der Waals surface area contributed by atoms with E-state index in [1.165, 1.54) is 17.7 Å². The van der Waals surface area contributed by atoms with Crippen molar-refractivity contribution in [3.8, 4) is 0 Å². The summed E-state index contributed by atoms with van der Waals surface area (Å²) in [4.78, 5) is 2.02. The van der Waals surface area contributed by atoms with Crippen molar-refractivity contribution in [2.45, 2.75) is 6.42 Å². The number of nitrogens with zero attached hydrogens (tertiary/aromatic N) is 1. The summed E-state index contributed by atoms with van der Waals surface area (Å²) in [6.45, 7) is 0.835. The highest BCUT2D eigenvalue weighted by atomic mass is 35.5. The van der Waals surface area contributed by atoms with Gasteiger partial charge in [-0.1, -0.05) is 29.8 Å². The van der Waals surface area contributed by atoms with Crippen LogP contribution in [0, 0.1) is 5.82 Å². The van der Waals surface area contributed by atoms with Crippen LogP contribution in [0.3, 0.4) is 0 Å². The van der Waals surface area contributed by atoms with Crippen LogP contribution in [0.15, 0.2) is 42.5 Å². The second-order valence-corrected chi connectivity index (χ2v) is 5.38. The molecule has 0 spiro atoms. The highest BCUT2D eigenvalue weighted by molar-refractivity contribution is 7.80. The summed E-state index contributed by atoms with van der Waals surface area (Å²) < 4.78 is 13.4. The first-order valence-electron chi connectivity index (χ1n) is 6.26. The molecule has 0 bridgehead atoms. The Bertz CT molecular complexity index is 675. The maximum absolute atomic E-state index is 13.4. The molecule has 0 aliphatic carbocycles. The number of benzene rings is 2. The normalized spacial score (nSPS) is 13.2. The molecule has 0 fully saturated rings. The molecule has 0 atom stereocenters. The van der Waals surface area contributed by atoms with Crippen molar-refractivity contribution in [1.82, 2.24) is 0 Å². The van der Waals surface area contributed by atoms with Gasteiger partial charge in [-0.05, 0) is 48.5 Å². The molecule has 2 aromatic carbocycles. The number of anilines is 2. The molecule has 0 saturated carbocycles. The Morgan fingerprint density at radius 2 is 2.05 bits per heavy atom. The van der Waals surface area contributed by atoms with E-state index in [4.69, 9.17) is 23.8 Å². The zero-order valence-corrected chi connectivity index (χ0v) is 12.1. The van der Waals surface area contributed by atoms with E-state index in [9.17, 15) is 4.39 Å². The molecule has 0 amide bonds. The van der Waals surface area contributed by atoms with Crippen molar-refractivity contribution in [3.63, 3.8) is 0 Å². The maximum atomic E-state index is 13.4. The van der Waals surface area contributed by atoms with Crippen molar-refractivity contribution in [2.24, 2.45) is 0 Å². The number of thiocarbonyl (C=S) groups is 1. The van der Waals surface area contributed by atoms with Crippen LogP contribution in [-0.2, 0) is 6.42 Å². The quantitative estimate of drug-likeness (QED) is 0.793. The van der Waals surface area contributed by atoms with Crippen LogP contribution < -0.4 is 10.2 Å². The molecule has 3 rings (SSSR count). The van der Waals surface area contributed by atoms with E-state index in [-0.39, 0.29) is 5.02 Å². The number of nitrogens with one attached hydrogen (secondary N) is 1. The van der Waals surface area contributed by atoms with E-state index in [2.05, 4.69) is 11.4 Å². The number of halogens is 2. The van der Waals surface area contributed by atoms with Gasteiger partial charge in [-0.2, -0.15) is 0 Å². The third-order valence-corrected chi connectivity index (χ3v) is 3.93. The minimum Gasteiger partial charge on any atom is -0.332 e. The van der Waals surface area contributed by atoms with Crippen LogP contribution in [0.25, 0.3) is 0 Å². The Hall–Kier alpha value is -1.65. The predicted molar refractivity (Wildman–Crippen MR) is 85.1 cm³/mol. The van der Waals surface area contributed by atoms with Crippen molar-refractivity contribution in [3.05, 3.63) is 58.9 Å². The van der Waals surface area contributed by atoms with Crippen LogP contribution in [0.2, 0.25) is 5.02 Å². The van der Waals surface area contributed by atoms with E-state index in [1.807, 2.05) is 23.1 Å². The van der Waals surface area contributed by atoms with Gasteiger partial charge in [-0.25, -0.2) is 4.39 Å².